The van der Waals surface area contributed by atoms with Gasteiger partial charge in [0.15, 0.2) is 0 Å². The third kappa shape index (κ3) is 2.08. The van der Waals surface area contributed by atoms with Gasteiger partial charge in [0.25, 0.3) is 0 Å². The molecular formula is C14H17NO2. The molecule has 1 aromatic heterocycles. The molecule has 17 heavy (non-hydrogen) atoms. The molecular weight excluding hydrogens is 214 g/mol. The van der Waals surface area contributed by atoms with Gasteiger partial charge >= 0.3 is 0 Å². The second-order valence-electron chi connectivity index (χ2n) is 5.25. The molecule has 90 valence electrons. The molecule has 1 saturated heterocycles. The molecule has 1 fully saturated rings. The van der Waals surface area contributed by atoms with E-state index in [-0.39, 0.29) is 11.6 Å². The zero-order chi connectivity index (χ0) is 11.9. The van der Waals surface area contributed by atoms with Gasteiger partial charge in [0.05, 0.1) is 6.61 Å². The Bertz CT molecular complexity index is 487. The van der Waals surface area contributed by atoms with Crippen molar-refractivity contribution >= 4 is 11.0 Å². The molecule has 1 aliphatic heterocycles. The molecule has 1 atom stereocenters. The van der Waals surface area contributed by atoms with Gasteiger partial charge in [-0.05, 0) is 26.0 Å². The van der Waals surface area contributed by atoms with E-state index in [1.807, 2.05) is 18.2 Å². The number of rotatable bonds is 1. The number of benzene rings is 1. The summed E-state index contributed by atoms with van der Waals surface area (Å²) in [4.78, 5) is 0. The van der Waals surface area contributed by atoms with E-state index in [1.54, 1.807) is 0 Å². The number of furan rings is 1. The van der Waals surface area contributed by atoms with E-state index >= 15 is 0 Å². The van der Waals surface area contributed by atoms with Crippen LogP contribution in [0.15, 0.2) is 34.7 Å². The number of fused-ring (bicyclic) bond motifs is 1. The highest BCUT2D eigenvalue weighted by atomic mass is 16.5. The maximum atomic E-state index is 5.85. The van der Waals surface area contributed by atoms with Gasteiger partial charge in [-0.2, -0.15) is 0 Å². The lowest BCUT2D eigenvalue weighted by molar-refractivity contribution is -0.0322. The molecule has 0 aliphatic carbocycles. The first kappa shape index (κ1) is 10.8. The quantitative estimate of drug-likeness (QED) is 0.819. The van der Waals surface area contributed by atoms with Crippen molar-refractivity contribution in [1.29, 1.82) is 0 Å². The fourth-order valence-electron chi connectivity index (χ4n) is 2.13. The first-order valence-electron chi connectivity index (χ1n) is 5.99. The lowest BCUT2D eigenvalue weighted by Crippen LogP contribution is -2.50. The molecule has 1 N–H and O–H groups in total. The predicted molar refractivity (Wildman–Crippen MR) is 67.0 cm³/mol. The summed E-state index contributed by atoms with van der Waals surface area (Å²) in [5, 5.41) is 4.60. The van der Waals surface area contributed by atoms with E-state index < -0.39 is 0 Å². The lowest BCUT2D eigenvalue weighted by Gasteiger charge is -2.35. The summed E-state index contributed by atoms with van der Waals surface area (Å²) in [5.41, 5.74) is 0.985. The second kappa shape index (κ2) is 3.86. The molecule has 3 heteroatoms. The van der Waals surface area contributed by atoms with E-state index in [1.165, 1.54) is 0 Å². The summed E-state index contributed by atoms with van der Waals surface area (Å²) in [6.45, 7) is 5.78. The molecule has 0 saturated carbocycles. The van der Waals surface area contributed by atoms with Gasteiger partial charge in [-0.1, -0.05) is 18.2 Å². The van der Waals surface area contributed by atoms with Crippen LogP contribution < -0.4 is 5.32 Å². The van der Waals surface area contributed by atoms with Crippen LogP contribution in [0.3, 0.4) is 0 Å². The van der Waals surface area contributed by atoms with Gasteiger partial charge in [-0.15, -0.1) is 0 Å². The van der Waals surface area contributed by atoms with Gasteiger partial charge in [0.2, 0.25) is 0 Å². The average molecular weight is 231 g/mol. The third-order valence-corrected chi connectivity index (χ3v) is 3.17. The molecule has 3 rings (SSSR count). The number of ether oxygens (including phenoxy) is 1. The van der Waals surface area contributed by atoms with Gasteiger partial charge in [0, 0.05) is 17.5 Å². The second-order valence-corrected chi connectivity index (χ2v) is 5.25. The highest BCUT2D eigenvalue weighted by molar-refractivity contribution is 5.77. The van der Waals surface area contributed by atoms with Crippen molar-refractivity contribution in [2.75, 3.05) is 13.2 Å². The van der Waals surface area contributed by atoms with Gasteiger partial charge in [-0.3, -0.25) is 0 Å². The zero-order valence-electron chi connectivity index (χ0n) is 10.2. The van der Waals surface area contributed by atoms with E-state index in [2.05, 4.69) is 31.3 Å². The third-order valence-electron chi connectivity index (χ3n) is 3.17. The van der Waals surface area contributed by atoms with Crippen LogP contribution in [0.25, 0.3) is 11.0 Å². The Morgan fingerprint density at radius 3 is 2.82 bits per heavy atom. The number of morpholine rings is 1. The van der Waals surface area contributed by atoms with Crippen molar-refractivity contribution in [1.82, 2.24) is 5.32 Å². The monoisotopic (exact) mass is 231 g/mol. The Balaban J connectivity index is 1.85. The normalized spacial score (nSPS) is 24.0. The Labute approximate surface area is 101 Å². The van der Waals surface area contributed by atoms with Crippen molar-refractivity contribution < 1.29 is 9.15 Å². The summed E-state index contributed by atoms with van der Waals surface area (Å²) in [5.74, 6) is 0.911. The predicted octanol–water partition coefficient (Wildman–Crippen LogP) is 2.87. The highest BCUT2D eigenvalue weighted by Crippen LogP contribution is 2.28. The first-order chi connectivity index (χ1) is 8.14. The van der Waals surface area contributed by atoms with E-state index in [0.29, 0.717) is 6.61 Å². The molecule has 0 bridgehead atoms. The standard InChI is InChI=1S/C14H17NO2/c1-14(2)9-16-13(8-15-14)12-7-10-5-3-4-6-11(10)17-12/h3-7,13,15H,8-9H2,1-2H3. The molecule has 0 radical (unpaired) electrons. The van der Waals surface area contributed by atoms with Crippen molar-refractivity contribution in [2.24, 2.45) is 0 Å². The molecule has 3 nitrogen and oxygen atoms in total. The molecule has 2 heterocycles. The lowest BCUT2D eigenvalue weighted by atomic mass is 10.0. The number of hydrogen-bond donors (Lipinski definition) is 1. The zero-order valence-corrected chi connectivity index (χ0v) is 10.2. The van der Waals surface area contributed by atoms with Crippen molar-refractivity contribution in [3.8, 4) is 0 Å². The van der Waals surface area contributed by atoms with Gasteiger partial charge < -0.3 is 14.5 Å². The van der Waals surface area contributed by atoms with E-state index in [9.17, 15) is 0 Å². The molecule has 2 aromatic rings. The van der Waals surface area contributed by atoms with E-state index in [4.69, 9.17) is 9.15 Å². The molecule has 1 aromatic carbocycles. The Hall–Kier alpha value is -1.32. The highest BCUT2D eigenvalue weighted by Gasteiger charge is 2.29. The van der Waals surface area contributed by atoms with Crippen LogP contribution in [0.4, 0.5) is 0 Å². The molecule has 0 amide bonds. The maximum Gasteiger partial charge on any atom is 0.135 e. The molecule has 0 spiro atoms. The minimum Gasteiger partial charge on any atom is -0.458 e. The largest absolute Gasteiger partial charge is 0.458 e. The summed E-state index contributed by atoms with van der Waals surface area (Å²) in [6, 6.07) is 10.1. The average Bonchev–Trinajstić information content (AvgIpc) is 2.72. The van der Waals surface area contributed by atoms with Crippen LogP contribution in [0.5, 0.6) is 0 Å². The van der Waals surface area contributed by atoms with Crippen LogP contribution in [0.2, 0.25) is 0 Å². The molecule has 1 aliphatic rings. The van der Waals surface area contributed by atoms with Gasteiger partial charge in [0.1, 0.15) is 17.4 Å². The van der Waals surface area contributed by atoms with Crippen LogP contribution in [0.1, 0.15) is 25.7 Å². The Kier molecular flexibility index (Phi) is 2.45. The number of para-hydroxylation sites is 1. The van der Waals surface area contributed by atoms with Gasteiger partial charge in [-0.25, -0.2) is 0 Å². The van der Waals surface area contributed by atoms with Crippen LogP contribution in [0, 0.1) is 0 Å². The van der Waals surface area contributed by atoms with Crippen molar-refractivity contribution in [2.45, 2.75) is 25.5 Å². The number of nitrogens with one attached hydrogen (secondary N) is 1. The van der Waals surface area contributed by atoms with Crippen LogP contribution in [-0.4, -0.2) is 18.7 Å². The fourth-order valence-corrected chi connectivity index (χ4v) is 2.13. The fraction of sp³-hybridized carbons (Fsp3) is 0.429. The van der Waals surface area contributed by atoms with Crippen molar-refractivity contribution in [3.05, 3.63) is 36.1 Å². The van der Waals surface area contributed by atoms with E-state index in [0.717, 1.165) is 23.3 Å². The topological polar surface area (TPSA) is 34.4 Å². The Morgan fingerprint density at radius 2 is 2.12 bits per heavy atom. The van der Waals surface area contributed by atoms with Crippen LogP contribution in [-0.2, 0) is 4.74 Å². The molecule has 1 unspecified atom stereocenters. The Morgan fingerprint density at radius 1 is 1.29 bits per heavy atom. The first-order valence-corrected chi connectivity index (χ1v) is 5.99. The van der Waals surface area contributed by atoms with Crippen LogP contribution >= 0.6 is 0 Å². The minimum atomic E-state index is 0.0235. The number of hydrogen-bond acceptors (Lipinski definition) is 3. The summed E-state index contributed by atoms with van der Waals surface area (Å²) in [6.07, 6.45) is 0.0235. The minimum absolute atomic E-state index is 0.0235. The smallest absolute Gasteiger partial charge is 0.135 e. The SMILES string of the molecule is CC1(C)COC(c2cc3ccccc3o2)CN1. The summed E-state index contributed by atoms with van der Waals surface area (Å²) >= 11 is 0. The van der Waals surface area contributed by atoms with Crippen molar-refractivity contribution in [3.63, 3.8) is 0 Å². The maximum absolute atomic E-state index is 5.85. The summed E-state index contributed by atoms with van der Waals surface area (Å²) < 4.78 is 11.7. The summed E-state index contributed by atoms with van der Waals surface area (Å²) in [7, 11) is 0.